The van der Waals surface area contributed by atoms with E-state index in [-0.39, 0.29) is 10.0 Å². The third kappa shape index (κ3) is 2.86. The van der Waals surface area contributed by atoms with Crippen molar-refractivity contribution >= 4 is 37.4 Å². The van der Waals surface area contributed by atoms with Crippen LogP contribution in [0, 0.1) is 11.6 Å². The molecule has 0 amide bonds. The summed E-state index contributed by atoms with van der Waals surface area (Å²) < 4.78 is 48.9. The van der Waals surface area contributed by atoms with Gasteiger partial charge in [-0.25, -0.2) is 17.2 Å². The average molecular weight is 362 g/mol. The van der Waals surface area contributed by atoms with Crippen LogP contribution < -0.4 is 0 Å². The summed E-state index contributed by atoms with van der Waals surface area (Å²) in [5.41, 5.74) is -0.173. The Morgan fingerprint density at radius 2 is 1.78 bits per heavy atom. The van der Waals surface area contributed by atoms with Crippen LogP contribution in [-0.2, 0) is 9.84 Å². The molecule has 0 fully saturated rings. The van der Waals surface area contributed by atoms with Crippen LogP contribution in [0.3, 0.4) is 0 Å². The summed E-state index contributed by atoms with van der Waals surface area (Å²) in [7, 11) is -3.52. The van der Waals surface area contributed by atoms with E-state index in [0.717, 1.165) is 18.4 Å². The van der Waals surface area contributed by atoms with Crippen LogP contribution in [0.1, 0.15) is 24.8 Å². The van der Waals surface area contributed by atoms with Crippen LogP contribution in [0.2, 0.25) is 0 Å². The van der Waals surface area contributed by atoms with Crippen molar-refractivity contribution < 1.29 is 17.2 Å². The molecule has 0 bridgehead atoms. The highest BCUT2D eigenvalue weighted by molar-refractivity contribution is 9.10. The van der Waals surface area contributed by atoms with Crippen molar-refractivity contribution in [2.24, 2.45) is 0 Å². The Bertz CT molecular complexity index is 573. The average Bonchev–Trinajstić information content (AvgIpc) is 2.20. The predicted octanol–water partition coefficient (Wildman–Crippen LogP) is 3.83. The molecular formula is C11H12BrClF2O2S. The SMILES string of the molecule is CC(C)(C(Cl)c1cc(F)c(Br)cc1F)S(C)(=O)=O. The van der Waals surface area contributed by atoms with Crippen LogP contribution in [0.25, 0.3) is 0 Å². The molecule has 0 aliphatic heterocycles. The van der Waals surface area contributed by atoms with Gasteiger partial charge in [0.25, 0.3) is 0 Å². The molecule has 0 saturated carbocycles. The Balaban J connectivity index is 3.36. The highest BCUT2D eigenvalue weighted by Gasteiger charge is 2.40. The lowest BCUT2D eigenvalue weighted by Crippen LogP contribution is -2.35. The van der Waals surface area contributed by atoms with Crippen molar-refractivity contribution in [1.29, 1.82) is 0 Å². The van der Waals surface area contributed by atoms with E-state index in [0.29, 0.717) is 0 Å². The third-order valence-corrected chi connectivity index (χ3v) is 6.54. The van der Waals surface area contributed by atoms with Gasteiger partial charge in [0, 0.05) is 11.8 Å². The van der Waals surface area contributed by atoms with E-state index in [1.165, 1.54) is 13.8 Å². The topological polar surface area (TPSA) is 34.1 Å². The normalized spacial score (nSPS) is 14.6. The molecule has 0 saturated heterocycles. The van der Waals surface area contributed by atoms with Crippen LogP contribution in [0.5, 0.6) is 0 Å². The summed E-state index contributed by atoms with van der Waals surface area (Å²) in [5, 5.41) is -1.19. The molecule has 0 aliphatic rings. The van der Waals surface area contributed by atoms with Crippen LogP contribution in [-0.4, -0.2) is 19.4 Å². The molecule has 1 rings (SSSR count). The van der Waals surface area contributed by atoms with E-state index in [1.807, 2.05) is 0 Å². The molecule has 1 aromatic carbocycles. The second-order valence-electron chi connectivity index (χ2n) is 4.53. The van der Waals surface area contributed by atoms with E-state index in [4.69, 9.17) is 11.6 Å². The molecule has 0 spiro atoms. The first-order chi connectivity index (χ1) is 7.98. The van der Waals surface area contributed by atoms with Gasteiger partial charge in [-0.05, 0) is 41.9 Å². The van der Waals surface area contributed by atoms with Gasteiger partial charge in [0.1, 0.15) is 11.6 Å². The molecule has 102 valence electrons. The number of benzene rings is 1. The van der Waals surface area contributed by atoms with Gasteiger partial charge >= 0.3 is 0 Å². The maximum Gasteiger partial charge on any atom is 0.154 e. The number of halogens is 4. The summed E-state index contributed by atoms with van der Waals surface area (Å²) in [6, 6.07) is 1.84. The highest BCUT2D eigenvalue weighted by atomic mass is 79.9. The van der Waals surface area contributed by atoms with E-state index in [2.05, 4.69) is 15.9 Å². The molecule has 18 heavy (non-hydrogen) atoms. The van der Waals surface area contributed by atoms with Crippen molar-refractivity contribution in [3.05, 3.63) is 33.8 Å². The second-order valence-corrected chi connectivity index (χ2v) is 8.41. The summed E-state index contributed by atoms with van der Waals surface area (Å²) in [6.07, 6.45) is 1.01. The zero-order valence-corrected chi connectivity index (χ0v) is 13.1. The first-order valence-corrected chi connectivity index (χ1v) is 8.08. The number of alkyl halides is 1. The molecule has 0 heterocycles. The number of sulfone groups is 1. The molecule has 1 unspecified atom stereocenters. The Morgan fingerprint density at radius 1 is 1.28 bits per heavy atom. The number of hydrogen-bond donors (Lipinski definition) is 0. The summed E-state index contributed by atoms with van der Waals surface area (Å²) in [6.45, 7) is 2.75. The summed E-state index contributed by atoms with van der Waals surface area (Å²) >= 11 is 8.85. The van der Waals surface area contributed by atoms with Crippen LogP contribution in [0.15, 0.2) is 16.6 Å². The lowest BCUT2D eigenvalue weighted by atomic mass is 10.0. The van der Waals surface area contributed by atoms with Crippen LogP contribution >= 0.6 is 27.5 Å². The van der Waals surface area contributed by atoms with E-state index < -0.39 is 31.6 Å². The molecule has 0 N–H and O–H groups in total. The van der Waals surface area contributed by atoms with Gasteiger partial charge < -0.3 is 0 Å². The van der Waals surface area contributed by atoms with Crippen molar-refractivity contribution in [3.63, 3.8) is 0 Å². The quantitative estimate of drug-likeness (QED) is 0.606. The van der Waals surface area contributed by atoms with E-state index in [9.17, 15) is 17.2 Å². The zero-order valence-electron chi connectivity index (χ0n) is 9.97. The monoisotopic (exact) mass is 360 g/mol. The maximum atomic E-state index is 13.7. The van der Waals surface area contributed by atoms with Crippen molar-refractivity contribution in [2.75, 3.05) is 6.26 Å². The minimum Gasteiger partial charge on any atom is -0.229 e. The Kier molecular flexibility index (Phi) is 4.45. The highest BCUT2D eigenvalue weighted by Crippen LogP contribution is 2.39. The molecule has 0 aliphatic carbocycles. The van der Waals surface area contributed by atoms with Gasteiger partial charge in [0.2, 0.25) is 0 Å². The smallest absolute Gasteiger partial charge is 0.154 e. The van der Waals surface area contributed by atoms with Gasteiger partial charge in [0.15, 0.2) is 9.84 Å². The second kappa shape index (κ2) is 5.06. The number of rotatable bonds is 3. The molecule has 0 aromatic heterocycles. The Morgan fingerprint density at radius 3 is 2.22 bits per heavy atom. The summed E-state index contributed by atoms with van der Waals surface area (Å²) in [5.74, 6) is -1.44. The predicted molar refractivity (Wildman–Crippen MR) is 71.6 cm³/mol. The molecular weight excluding hydrogens is 350 g/mol. The first-order valence-electron chi connectivity index (χ1n) is 4.96. The minimum absolute atomic E-state index is 0.0372. The van der Waals surface area contributed by atoms with Gasteiger partial charge in [-0.15, -0.1) is 11.6 Å². The molecule has 1 aromatic rings. The van der Waals surface area contributed by atoms with Crippen molar-refractivity contribution in [2.45, 2.75) is 24.0 Å². The minimum atomic E-state index is -3.52. The third-order valence-electron chi connectivity index (χ3n) is 2.88. The molecule has 7 heteroatoms. The van der Waals surface area contributed by atoms with Gasteiger partial charge in [-0.1, -0.05) is 0 Å². The van der Waals surface area contributed by atoms with Gasteiger partial charge in [0.05, 0.1) is 14.6 Å². The lowest BCUT2D eigenvalue weighted by molar-refractivity contribution is 0.525. The maximum absolute atomic E-state index is 13.7. The van der Waals surface area contributed by atoms with Crippen LogP contribution in [0.4, 0.5) is 8.78 Å². The molecule has 2 nitrogen and oxygen atoms in total. The fourth-order valence-corrected chi connectivity index (χ4v) is 2.77. The Hall–Kier alpha value is -0.200. The fourth-order valence-electron chi connectivity index (χ4n) is 1.29. The van der Waals surface area contributed by atoms with E-state index >= 15 is 0 Å². The standard InChI is InChI=1S/C11H12BrClF2O2S/c1-11(2,18(3,16)17)10(13)6-4-9(15)7(12)5-8(6)14/h4-5,10H,1-3H3. The van der Waals surface area contributed by atoms with Gasteiger partial charge in [-0.2, -0.15) is 0 Å². The zero-order chi connectivity index (χ0) is 14.3. The first kappa shape index (κ1) is 15.9. The fraction of sp³-hybridized carbons (Fsp3) is 0.455. The largest absolute Gasteiger partial charge is 0.229 e. The van der Waals surface area contributed by atoms with E-state index in [1.54, 1.807) is 0 Å². The van der Waals surface area contributed by atoms with Crippen molar-refractivity contribution in [1.82, 2.24) is 0 Å². The Labute approximate surface area is 118 Å². The molecule has 0 radical (unpaired) electrons. The number of hydrogen-bond acceptors (Lipinski definition) is 2. The van der Waals surface area contributed by atoms with Crippen molar-refractivity contribution in [3.8, 4) is 0 Å². The molecule has 1 atom stereocenters. The lowest BCUT2D eigenvalue weighted by Gasteiger charge is -2.28. The summed E-state index contributed by atoms with van der Waals surface area (Å²) in [4.78, 5) is 0. The van der Waals surface area contributed by atoms with Gasteiger partial charge in [-0.3, -0.25) is 0 Å².